The number of hydrogen-bond acceptors (Lipinski definition) is 3. The molecule has 0 amide bonds. The fourth-order valence-corrected chi connectivity index (χ4v) is 4.56. The first-order chi connectivity index (χ1) is 10.1. The summed E-state index contributed by atoms with van der Waals surface area (Å²) >= 11 is 0. The molecule has 0 aromatic heterocycles. The van der Waals surface area contributed by atoms with Gasteiger partial charge in [0.05, 0.1) is 11.8 Å². The number of nitrogens with one attached hydrogen (secondary N) is 1. The minimum absolute atomic E-state index is 0. The van der Waals surface area contributed by atoms with Crippen LogP contribution < -0.4 is 5.32 Å². The van der Waals surface area contributed by atoms with Crippen molar-refractivity contribution >= 4 is 22.4 Å². The Kier molecular flexibility index (Phi) is 7.83. The summed E-state index contributed by atoms with van der Waals surface area (Å²) in [5.41, 5.74) is 2.36. The van der Waals surface area contributed by atoms with Gasteiger partial charge in [0.15, 0.2) is 0 Å². The first kappa shape index (κ1) is 19.4. The number of halogens is 1. The van der Waals surface area contributed by atoms with Crippen molar-refractivity contribution < 1.29 is 8.42 Å². The van der Waals surface area contributed by atoms with Crippen LogP contribution in [-0.2, 0) is 16.4 Å². The number of sulfonamides is 1. The zero-order chi connectivity index (χ0) is 15.3. The summed E-state index contributed by atoms with van der Waals surface area (Å²) in [7, 11) is -3.17. The van der Waals surface area contributed by atoms with Crippen LogP contribution in [0.5, 0.6) is 0 Å². The predicted molar refractivity (Wildman–Crippen MR) is 94.1 cm³/mol. The summed E-state index contributed by atoms with van der Waals surface area (Å²) in [4.78, 5) is 0. The number of nitrogens with zero attached hydrogens (tertiary/aromatic N) is 1. The van der Waals surface area contributed by atoms with Crippen LogP contribution in [0.3, 0.4) is 0 Å². The van der Waals surface area contributed by atoms with Crippen molar-refractivity contribution in [2.24, 2.45) is 0 Å². The maximum Gasteiger partial charge on any atom is 0.214 e. The molecule has 6 heteroatoms. The summed E-state index contributed by atoms with van der Waals surface area (Å²) in [5, 5.41) is 3.31. The summed E-state index contributed by atoms with van der Waals surface area (Å²) in [5.74, 6) is 0.257. The van der Waals surface area contributed by atoms with Crippen LogP contribution in [-0.4, -0.2) is 38.1 Å². The SMILES string of the molecule is CCCCS(=O)(=O)N1CCNCC1c1ccc(CC)cc1.Cl. The number of aryl methyl sites for hydroxylation is 1. The smallest absolute Gasteiger partial charge is 0.214 e. The molecule has 1 saturated heterocycles. The summed E-state index contributed by atoms with van der Waals surface area (Å²) < 4.78 is 26.8. The highest BCUT2D eigenvalue weighted by Gasteiger charge is 2.32. The van der Waals surface area contributed by atoms with Gasteiger partial charge in [0.2, 0.25) is 10.0 Å². The number of benzene rings is 1. The second-order valence-electron chi connectivity index (χ2n) is 5.60. The first-order valence-electron chi connectivity index (χ1n) is 7.87. The van der Waals surface area contributed by atoms with Gasteiger partial charge in [0.1, 0.15) is 0 Å². The van der Waals surface area contributed by atoms with Gasteiger partial charge in [0.25, 0.3) is 0 Å². The Morgan fingerprint density at radius 3 is 2.50 bits per heavy atom. The topological polar surface area (TPSA) is 49.4 Å². The second kappa shape index (κ2) is 8.87. The molecule has 0 aliphatic carbocycles. The molecule has 0 spiro atoms. The van der Waals surface area contributed by atoms with E-state index in [-0.39, 0.29) is 24.2 Å². The zero-order valence-electron chi connectivity index (χ0n) is 13.4. The van der Waals surface area contributed by atoms with Gasteiger partial charge in [-0.2, -0.15) is 4.31 Å². The van der Waals surface area contributed by atoms with E-state index in [0.717, 1.165) is 31.4 Å². The van der Waals surface area contributed by atoms with Crippen LogP contribution in [0.4, 0.5) is 0 Å². The lowest BCUT2D eigenvalue weighted by Gasteiger charge is -2.35. The summed E-state index contributed by atoms with van der Waals surface area (Å²) in [6.07, 6.45) is 2.64. The second-order valence-corrected chi connectivity index (χ2v) is 7.64. The highest BCUT2D eigenvalue weighted by atomic mass is 35.5. The third kappa shape index (κ3) is 4.69. The molecule has 1 aromatic rings. The lowest BCUT2D eigenvalue weighted by Crippen LogP contribution is -2.49. The van der Waals surface area contributed by atoms with Crippen molar-refractivity contribution in [3.05, 3.63) is 35.4 Å². The fraction of sp³-hybridized carbons (Fsp3) is 0.625. The summed E-state index contributed by atoms with van der Waals surface area (Å²) in [6, 6.07) is 8.26. The van der Waals surface area contributed by atoms with Crippen LogP contribution in [0, 0.1) is 0 Å². The van der Waals surface area contributed by atoms with Crippen LogP contribution in [0.2, 0.25) is 0 Å². The van der Waals surface area contributed by atoms with E-state index in [1.807, 2.05) is 6.92 Å². The van der Waals surface area contributed by atoms with E-state index >= 15 is 0 Å². The van der Waals surface area contributed by atoms with Crippen molar-refractivity contribution in [2.45, 2.75) is 39.2 Å². The van der Waals surface area contributed by atoms with E-state index in [0.29, 0.717) is 13.1 Å². The molecule has 0 saturated carbocycles. The van der Waals surface area contributed by atoms with Crippen LogP contribution in [0.15, 0.2) is 24.3 Å². The Labute approximate surface area is 140 Å². The number of hydrogen-bond donors (Lipinski definition) is 1. The van der Waals surface area contributed by atoms with Crippen LogP contribution in [0.1, 0.15) is 43.9 Å². The van der Waals surface area contributed by atoms with Gasteiger partial charge in [-0.05, 0) is 24.0 Å². The molecule has 0 bridgehead atoms. The van der Waals surface area contributed by atoms with Crippen molar-refractivity contribution in [3.8, 4) is 0 Å². The van der Waals surface area contributed by atoms with Gasteiger partial charge in [0, 0.05) is 19.6 Å². The molecule has 1 aliphatic heterocycles. The number of rotatable bonds is 6. The molecule has 1 N–H and O–H groups in total. The van der Waals surface area contributed by atoms with E-state index in [1.54, 1.807) is 4.31 Å². The summed E-state index contributed by atoms with van der Waals surface area (Å²) in [6.45, 7) is 6.13. The molecule has 1 fully saturated rings. The molecule has 1 unspecified atom stereocenters. The van der Waals surface area contributed by atoms with Gasteiger partial charge in [-0.3, -0.25) is 0 Å². The molecule has 1 aromatic carbocycles. The molecule has 1 aliphatic rings. The molecular weight excluding hydrogens is 320 g/mol. The van der Waals surface area contributed by atoms with E-state index in [1.165, 1.54) is 5.56 Å². The average molecular weight is 347 g/mol. The van der Waals surface area contributed by atoms with Crippen LogP contribution >= 0.6 is 12.4 Å². The maximum atomic E-state index is 12.5. The zero-order valence-corrected chi connectivity index (χ0v) is 15.0. The number of unbranched alkanes of at least 4 members (excludes halogenated alkanes) is 1. The van der Waals surface area contributed by atoms with E-state index in [9.17, 15) is 8.42 Å². The largest absolute Gasteiger partial charge is 0.313 e. The average Bonchev–Trinajstić information content (AvgIpc) is 2.53. The minimum Gasteiger partial charge on any atom is -0.313 e. The predicted octanol–water partition coefficient (Wildman–Crippen LogP) is 2.75. The highest BCUT2D eigenvalue weighted by Crippen LogP contribution is 2.26. The minimum atomic E-state index is -3.17. The molecule has 4 nitrogen and oxygen atoms in total. The third-order valence-electron chi connectivity index (χ3n) is 4.08. The molecule has 1 atom stereocenters. The Morgan fingerprint density at radius 1 is 1.23 bits per heavy atom. The van der Waals surface area contributed by atoms with Gasteiger partial charge < -0.3 is 5.32 Å². The molecule has 126 valence electrons. The molecule has 1 heterocycles. The molecule has 0 radical (unpaired) electrons. The number of piperazine rings is 1. The van der Waals surface area contributed by atoms with Crippen molar-refractivity contribution in [3.63, 3.8) is 0 Å². The molecular formula is C16H27ClN2O2S. The van der Waals surface area contributed by atoms with E-state index in [2.05, 4.69) is 36.5 Å². The van der Waals surface area contributed by atoms with E-state index < -0.39 is 10.0 Å². The van der Waals surface area contributed by atoms with Gasteiger partial charge in [-0.15, -0.1) is 12.4 Å². The Morgan fingerprint density at radius 2 is 1.91 bits per heavy atom. The standard InChI is InChI=1S/C16H26N2O2S.ClH/c1-3-5-12-21(19,20)18-11-10-17-13-16(18)15-8-6-14(4-2)7-9-15;/h6-9,16-17H,3-5,10-13H2,1-2H3;1H. The monoisotopic (exact) mass is 346 g/mol. The first-order valence-corrected chi connectivity index (χ1v) is 9.48. The third-order valence-corrected chi connectivity index (χ3v) is 6.04. The van der Waals surface area contributed by atoms with E-state index in [4.69, 9.17) is 0 Å². The molecule has 22 heavy (non-hydrogen) atoms. The Hall–Kier alpha value is -0.620. The fourth-order valence-electron chi connectivity index (χ4n) is 2.72. The van der Waals surface area contributed by atoms with Gasteiger partial charge in [-0.1, -0.05) is 44.5 Å². The lowest BCUT2D eigenvalue weighted by atomic mass is 10.0. The molecule has 2 rings (SSSR count). The Balaban J connectivity index is 0.00000242. The van der Waals surface area contributed by atoms with Crippen molar-refractivity contribution in [1.29, 1.82) is 0 Å². The van der Waals surface area contributed by atoms with Crippen LogP contribution in [0.25, 0.3) is 0 Å². The maximum absolute atomic E-state index is 12.5. The lowest BCUT2D eigenvalue weighted by molar-refractivity contribution is 0.271. The van der Waals surface area contributed by atoms with Crippen molar-refractivity contribution in [2.75, 3.05) is 25.4 Å². The van der Waals surface area contributed by atoms with Gasteiger partial charge in [-0.25, -0.2) is 8.42 Å². The quantitative estimate of drug-likeness (QED) is 0.861. The Bertz CT molecular complexity index is 546. The highest BCUT2D eigenvalue weighted by molar-refractivity contribution is 7.89. The van der Waals surface area contributed by atoms with Crippen molar-refractivity contribution in [1.82, 2.24) is 9.62 Å². The normalized spacial score (nSPS) is 19.6. The van der Waals surface area contributed by atoms with Gasteiger partial charge >= 0.3 is 0 Å².